The highest BCUT2D eigenvalue weighted by Crippen LogP contribution is 2.20. The predicted molar refractivity (Wildman–Crippen MR) is 60.6 cm³/mol. The second-order valence-corrected chi connectivity index (χ2v) is 4.17. The van der Waals surface area contributed by atoms with Crippen molar-refractivity contribution >= 4 is 0 Å². The normalized spacial score (nSPS) is 21.9. The zero-order valence-electron chi connectivity index (χ0n) is 10.3. The Balaban J connectivity index is 1.97. The molecule has 96 valence electrons. The number of aromatic nitrogens is 4. The van der Waals surface area contributed by atoms with E-state index in [0.717, 1.165) is 25.4 Å². The first kappa shape index (κ1) is 12.4. The summed E-state index contributed by atoms with van der Waals surface area (Å²) in [5.74, 6) is 0.858. The van der Waals surface area contributed by atoms with Crippen molar-refractivity contribution in [3.63, 3.8) is 0 Å². The van der Waals surface area contributed by atoms with Gasteiger partial charge in [0.2, 0.25) is 0 Å². The van der Waals surface area contributed by atoms with Crippen LogP contribution in [0.1, 0.15) is 31.3 Å². The molecule has 0 spiro atoms. The maximum Gasteiger partial charge on any atom is 0.168 e. The summed E-state index contributed by atoms with van der Waals surface area (Å²) < 4.78 is 12.2. The van der Waals surface area contributed by atoms with E-state index >= 15 is 0 Å². The van der Waals surface area contributed by atoms with Crippen LogP contribution in [0.2, 0.25) is 0 Å². The van der Waals surface area contributed by atoms with Crippen LogP contribution in [0.15, 0.2) is 0 Å². The van der Waals surface area contributed by atoms with Gasteiger partial charge in [0.15, 0.2) is 5.82 Å². The molecule has 0 aromatic carbocycles. The van der Waals surface area contributed by atoms with Crippen LogP contribution in [0.5, 0.6) is 0 Å². The van der Waals surface area contributed by atoms with Crippen LogP contribution in [0.25, 0.3) is 0 Å². The molecule has 7 heteroatoms. The molecule has 1 aromatic heterocycles. The topological polar surface area (TPSA) is 74.1 Å². The summed E-state index contributed by atoms with van der Waals surface area (Å²) >= 11 is 0. The number of hydrogen-bond donors (Lipinski definition) is 1. The van der Waals surface area contributed by atoms with E-state index in [0.29, 0.717) is 13.2 Å². The van der Waals surface area contributed by atoms with Crippen LogP contribution in [0, 0.1) is 0 Å². The molecule has 1 saturated heterocycles. The Morgan fingerprint density at radius 1 is 1.65 bits per heavy atom. The standard InChI is InChI=1S/C10H19N5O2/c1-8(11-4-6-16-2)10-12-13-14-15(10)9-3-5-17-7-9/h8-9,11H,3-7H2,1-2H3. The van der Waals surface area contributed by atoms with Crippen LogP contribution < -0.4 is 5.32 Å². The number of hydrogen-bond acceptors (Lipinski definition) is 6. The molecule has 7 nitrogen and oxygen atoms in total. The molecule has 17 heavy (non-hydrogen) atoms. The second kappa shape index (κ2) is 6.04. The Morgan fingerprint density at radius 3 is 3.24 bits per heavy atom. The van der Waals surface area contributed by atoms with Gasteiger partial charge in [0.25, 0.3) is 0 Å². The maximum atomic E-state index is 5.36. The van der Waals surface area contributed by atoms with Crippen LogP contribution in [0.3, 0.4) is 0 Å². The number of ether oxygens (including phenoxy) is 2. The van der Waals surface area contributed by atoms with Gasteiger partial charge in [-0.15, -0.1) is 5.10 Å². The van der Waals surface area contributed by atoms with Crippen LogP contribution in [-0.2, 0) is 9.47 Å². The molecule has 1 aliphatic heterocycles. The van der Waals surface area contributed by atoms with E-state index < -0.39 is 0 Å². The van der Waals surface area contributed by atoms with Crippen molar-refractivity contribution in [1.29, 1.82) is 0 Å². The lowest BCUT2D eigenvalue weighted by molar-refractivity contribution is 0.182. The lowest BCUT2D eigenvalue weighted by atomic mass is 10.2. The van der Waals surface area contributed by atoms with Crippen LogP contribution in [0.4, 0.5) is 0 Å². The second-order valence-electron chi connectivity index (χ2n) is 4.17. The predicted octanol–water partition coefficient (Wildman–Crippen LogP) is -0.0685. The van der Waals surface area contributed by atoms with Gasteiger partial charge in [0.05, 0.1) is 25.3 Å². The molecular weight excluding hydrogens is 222 g/mol. The summed E-state index contributed by atoms with van der Waals surface area (Å²) in [5, 5.41) is 15.2. The third-order valence-electron chi connectivity index (χ3n) is 2.91. The lowest BCUT2D eigenvalue weighted by Gasteiger charge is -2.15. The molecule has 0 aliphatic carbocycles. The smallest absolute Gasteiger partial charge is 0.168 e. The zero-order valence-corrected chi connectivity index (χ0v) is 10.3. The van der Waals surface area contributed by atoms with Crippen molar-refractivity contribution in [3.05, 3.63) is 5.82 Å². The Bertz CT molecular complexity index is 337. The van der Waals surface area contributed by atoms with E-state index in [2.05, 4.69) is 20.8 Å². The summed E-state index contributed by atoms with van der Waals surface area (Å²) in [6.07, 6.45) is 0.975. The van der Waals surface area contributed by atoms with E-state index in [1.165, 1.54) is 0 Å². The van der Waals surface area contributed by atoms with Gasteiger partial charge in [0, 0.05) is 20.3 Å². The lowest BCUT2D eigenvalue weighted by Crippen LogP contribution is -2.27. The number of nitrogens with one attached hydrogen (secondary N) is 1. The molecule has 2 heterocycles. The SMILES string of the molecule is COCCNC(C)c1nnnn1C1CCOC1. The fourth-order valence-corrected chi connectivity index (χ4v) is 1.93. The number of methoxy groups -OCH3 is 1. The molecule has 2 unspecified atom stereocenters. The van der Waals surface area contributed by atoms with E-state index in [-0.39, 0.29) is 12.1 Å². The molecule has 0 radical (unpaired) electrons. The first-order chi connectivity index (χ1) is 8.33. The van der Waals surface area contributed by atoms with Crippen LogP contribution in [-0.4, -0.2) is 53.7 Å². The third kappa shape index (κ3) is 2.99. The van der Waals surface area contributed by atoms with Crippen LogP contribution >= 0.6 is 0 Å². The molecule has 0 saturated carbocycles. The molecular formula is C10H19N5O2. The summed E-state index contributed by atoms with van der Waals surface area (Å²) in [7, 11) is 1.69. The zero-order chi connectivity index (χ0) is 12.1. The number of nitrogens with zero attached hydrogens (tertiary/aromatic N) is 4. The molecule has 1 N–H and O–H groups in total. The van der Waals surface area contributed by atoms with E-state index in [4.69, 9.17) is 9.47 Å². The Morgan fingerprint density at radius 2 is 2.53 bits per heavy atom. The monoisotopic (exact) mass is 241 g/mol. The quantitative estimate of drug-likeness (QED) is 0.703. The van der Waals surface area contributed by atoms with Crippen molar-refractivity contribution in [2.45, 2.75) is 25.4 Å². The fraction of sp³-hybridized carbons (Fsp3) is 0.900. The van der Waals surface area contributed by atoms with Gasteiger partial charge in [-0.3, -0.25) is 0 Å². The highest BCUT2D eigenvalue weighted by molar-refractivity contribution is 4.92. The minimum absolute atomic E-state index is 0.112. The largest absolute Gasteiger partial charge is 0.383 e. The summed E-state index contributed by atoms with van der Waals surface area (Å²) in [6.45, 7) is 5.00. The maximum absolute atomic E-state index is 5.36. The average molecular weight is 241 g/mol. The van der Waals surface area contributed by atoms with Crippen molar-refractivity contribution in [1.82, 2.24) is 25.5 Å². The summed E-state index contributed by atoms with van der Waals surface area (Å²) in [5.41, 5.74) is 0. The molecule has 2 atom stereocenters. The Hall–Kier alpha value is -1.05. The van der Waals surface area contributed by atoms with E-state index in [9.17, 15) is 0 Å². The van der Waals surface area contributed by atoms with Crippen molar-refractivity contribution in [2.24, 2.45) is 0 Å². The fourth-order valence-electron chi connectivity index (χ4n) is 1.93. The van der Waals surface area contributed by atoms with E-state index in [1.54, 1.807) is 7.11 Å². The van der Waals surface area contributed by atoms with Gasteiger partial charge in [-0.05, 0) is 23.8 Å². The number of rotatable bonds is 6. The van der Waals surface area contributed by atoms with Gasteiger partial charge in [-0.1, -0.05) is 0 Å². The summed E-state index contributed by atoms with van der Waals surface area (Å²) in [4.78, 5) is 0. The van der Waals surface area contributed by atoms with Crippen molar-refractivity contribution in [3.8, 4) is 0 Å². The highest BCUT2D eigenvalue weighted by atomic mass is 16.5. The molecule has 2 rings (SSSR count). The molecule has 0 amide bonds. The minimum Gasteiger partial charge on any atom is -0.383 e. The Labute approximate surface area is 100 Å². The molecule has 1 aromatic rings. The highest BCUT2D eigenvalue weighted by Gasteiger charge is 2.24. The summed E-state index contributed by atoms with van der Waals surface area (Å²) in [6, 6.07) is 0.382. The third-order valence-corrected chi connectivity index (χ3v) is 2.91. The average Bonchev–Trinajstić information content (AvgIpc) is 2.99. The first-order valence-corrected chi connectivity index (χ1v) is 5.90. The van der Waals surface area contributed by atoms with Gasteiger partial charge in [-0.2, -0.15) is 0 Å². The van der Waals surface area contributed by atoms with Gasteiger partial charge in [-0.25, -0.2) is 4.68 Å². The minimum atomic E-state index is 0.112. The van der Waals surface area contributed by atoms with Gasteiger partial charge >= 0.3 is 0 Å². The van der Waals surface area contributed by atoms with E-state index in [1.807, 2.05) is 11.6 Å². The van der Waals surface area contributed by atoms with Crippen molar-refractivity contribution in [2.75, 3.05) is 33.5 Å². The number of tetrazole rings is 1. The van der Waals surface area contributed by atoms with Crippen molar-refractivity contribution < 1.29 is 9.47 Å². The first-order valence-electron chi connectivity index (χ1n) is 5.90. The Kier molecular flexibility index (Phi) is 4.41. The molecule has 1 aliphatic rings. The van der Waals surface area contributed by atoms with Gasteiger partial charge < -0.3 is 14.8 Å². The molecule has 0 bridgehead atoms. The van der Waals surface area contributed by atoms with Gasteiger partial charge in [0.1, 0.15) is 0 Å². The molecule has 1 fully saturated rings.